The summed E-state index contributed by atoms with van der Waals surface area (Å²) in [7, 11) is 0. The van der Waals surface area contributed by atoms with E-state index in [2.05, 4.69) is 42.6 Å². The van der Waals surface area contributed by atoms with Gasteiger partial charge in [-0.1, -0.05) is 37.3 Å². The second-order valence-corrected chi connectivity index (χ2v) is 6.92. The number of hydrogen-bond donors (Lipinski definition) is 1. The van der Waals surface area contributed by atoms with Crippen LogP contribution < -0.4 is 5.32 Å². The van der Waals surface area contributed by atoms with Gasteiger partial charge in [-0.05, 0) is 67.4 Å². The van der Waals surface area contributed by atoms with Crippen LogP contribution in [0.2, 0.25) is 0 Å². The van der Waals surface area contributed by atoms with Gasteiger partial charge in [0.1, 0.15) is 0 Å². The summed E-state index contributed by atoms with van der Waals surface area (Å²) in [5.74, 6) is 5.36. The molecule has 1 N–H and O–H groups in total. The molecule has 19 heavy (non-hydrogen) atoms. The molecule has 5 atom stereocenters. The Kier molecular flexibility index (Phi) is 2.91. The first-order valence-electron chi connectivity index (χ1n) is 8.15. The number of rotatable bonds is 5. The number of likely N-dealkylation sites (N-methyl/N-ethyl adjacent to an activating group) is 1. The lowest BCUT2D eigenvalue weighted by Gasteiger charge is -2.21. The van der Waals surface area contributed by atoms with Gasteiger partial charge in [0.15, 0.2) is 0 Å². The van der Waals surface area contributed by atoms with Crippen molar-refractivity contribution >= 4 is 0 Å². The Morgan fingerprint density at radius 3 is 2.42 bits per heavy atom. The zero-order valence-corrected chi connectivity index (χ0v) is 11.9. The number of nitrogens with one attached hydrogen (secondary N) is 1. The predicted octanol–water partition coefficient (Wildman–Crippen LogP) is 3.50. The molecule has 0 spiro atoms. The molecule has 0 saturated heterocycles. The summed E-state index contributed by atoms with van der Waals surface area (Å²) in [6.07, 6.45) is 5.86. The molecular formula is C18H25N. The molecule has 0 aromatic heterocycles. The van der Waals surface area contributed by atoms with Crippen molar-refractivity contribution in [2.24, 2.45) is 29.6 Å². The molecule has 0 aliphatic heterocycles. The first kappa shape index (κ1) is 12.0. The molecule has 0 heterocycles. The molecule has 0 radical (unpaired) electrons. The quantitative estimate of drug-likeness (QED) is 0.849. The second kappa shape index (κ2) is 4.63. The van der Waals surface area contributed by atoms with E-state index in [0.29, 0.717) is 0 Å². The van der Waals surface area contributed by atoms with Gasteiger partial charge in [0.25, 0.3) is 0 Å². The summed E-state index contributed by atoms with van der Waals surface area (Å²) < 4.78 is 0. The van der Waals surface area contributed by atoms with Crippen LogP contribution in [0, 0.1) is 29.6 Å². The first-order chi connectivity index (χ1) is 9.38. The molecule has 102 valence electrons. The van der Waals surface area contributed by atoms with Crippen molar-refractivity contribution in [1.29, 1.82) is 0 Å². The van der Waals surface area contributed by atoms with Crippen LogP contribution in [0.1, 0.15) is 31.7 Å². The molecule has 5 unspecified atom stereocenters. The van der Waals surface area contributed by atoms with Crippen molar-refractivity contribution in [2.45, 2.75) is 38.6 Å². The third-order valence-corrected chi connectivity index (χ3v) is 6.02. The smallest absolute Gasteiger partial charge is 0.0141 e. The maximum atomic E-state index is 3.79. The fourth-order valence-corrected chi connectivity index (χ4v) is 5.40. The maximum Gasteiger partial charge on any atom is 0.0141 e. The van der Waals surface area contributed by atoms with Crippen LogP contribution >= 0.6 is 0 Å². The summed E-state index contributed by atoms with van der Waals surface area (Å²) in [5, 5.41) is 3.79. The highest BCUT2D eigenvalue weighted by Gasteiger charge is 2.66. The van der Waals surface area contributed by atoms with Crippen molar-refractivity contribution in [3.63, 3.8) is 0 Å². The number of fused-ring (bicyclic) bond motifs is 5. The summed E-state index contributed by atoms with van der Waals surface area (Å²) in [4.78, 5) is 0. The molecular weight excluding hydrogens is 230 g/mol. The van der Waals surface area contributed by atoms with Crippen LogP contribution in [0.25, 0.3) is 0 Å². The second-order valence-electron chi connectivity index (χ2n) is 6.92. The molecule has 3 aliphatic carbocycles. The Morgan fingerprint density at radius 2 is 1.79 bits per heavy atom. The monoisotopic (exact) mass is 255 g/mol. The van der Waals surface area contributed by atoms with E-state index in [-0.39, 0.29) is 0 Å². The molecule has 2 bridgehead atoms. The molecule has 1 nitrogen and oxygen atoms in total. The molecule has 0 amide bonds. The minimum atomic E-state index is 0.728. The van der Waals surface area contributed by atoms with E-state index in [9.17, 15) is 0 Å². The van der Waals surface area contributed by atoms with Crippen LogP contribution in [0.15, 0.2) is 30.3 Å². The third-order valence-electron chi connectivity index (χ3n) is 6.02. The zero-order chi connectivity index (χ0) is 12.8. The average molecular weight is 255 g/mol. The van der Waals surface area contributed by atoms with E-state index in [4.69, 9.17) is 0 Å². The Hall–Kier alpha value is -0.820. The van der Waals surface area contributed by atoms with Crippen LogP contribution in [-0.2, 0) is 6.42 Å². The van der Waals surface area contributed by atoms with E-state index in [1.165, 1.54) is 24.8 Å². The van der Waals surface area contributed by atoms with E-state index in [1.54, 1.807) is 6.42 Å². The molecule has 3 fully saturated rings. The predicted molar refractivity (Wildman–Crippen MR) is 78.9 cm³/mol. The number of benzene rings is 1. The molecule has 3 aliphatic rings. The Bertz CT molecular complexity index is 424. The molecule has 1 heteroatoms. The van der Waals surface area contributed by atoms with Crippen LogP contribution in [0.5, 0.6) is 0 Å². The summed E-state index contributed by atoms with van der Waals surface area (Å²) in [6.45, 7) is 3.37. The standard InChI is InChI=1S/C18H25N/c1-2-19-15(10-12-6-4-3-5-7-12)18-16-13-8-9-14(11-13)17(16)18/h3-7,13-19H,2,8-11H2,1H3. The topological polar surface area (TPSA) is 12.0 Å². The van der Waals surface area contributed by atoms with Gasteiger partial charge >= 0.3 is 0 Å². The van der Waals surface area contributed by atoms with Gasteiger partial charge in [0.05, 0.1) is 0 Å². The molecule has 4 rings (SSSR count). The molecule has 3 saturated carbocycles. The van der Waals surface area contributed by atoms with Gasteiger partial charge in [-0.25, -0.2) is 0 Å². The molecule has 1 aromatic rings. The van der Waals surface area contributed by atoms with Gasteiger partial charge in [-0.2, -0.15) is 0 Å². The van der Waals surface area contributed by atoms with Crippen molar-refractivity contribution in [2.75, 3.05) is 6.54 Å². The number of hydrogen-bond acceptors (Lipinski definition) is 1. The lowest BCUT2D eigenvalue weighted by atomic mass is 9.93. The highest BCUT2D eigenvalue weighted by atomic mass is 14.9. The van der Waals surface area contributed by atoms with E-state index < -0.39 is 0 Å². The fourth-order valence-electron chi connectivity index (χ4n) is 5.40. The Balaban J connectivity index is 1.48. The van der Waals surface area contributed by atoms with Crippen molar-refractivity contribution in [3.05, 3.63) is 35.9 Å². The Labute approximate surface area is 116 Å². The maximum absolute atomic E-state index is 3.79. The van der Waals surface area contributed by atoms with E-state index >= 15 is 0 Å². The van der Waals surface area contributed by atoms with Gasteiger partial charge in [-0.15, -0.1) is 0 Å². The fraction of sp³-hybridized carbons (Fsp3) is 0.667. The SMILES string of the molecule is CCNC(Cc1ccccc1)C1C2C3CCC(C3)C21. The lowest BCUT2D eigenvalue weighted by Crippen LogP contribution is -2.35. The van der Waals surface area contributed by atoms with Crippen LogP contribution in [0.4, 0.5) is 0 Å². The summed E-state index contributed by atoms with van der Waals surface area (Å²) in [5.41, 5.74) is 1.51. The summed E-state index contributed by atoms with van der Waals surface area (Å²) >= 11 is 0. The van der Waals surface area contributed by atoms with Gasteiger partial charge in [0.2, 0.25) is 0 Å². The van der Waals surface area contributed by atoms with Gasteiger partial charge in [0, 0.05) is 6.04 Å². The average Bonchev–Trinajstić information content (AvgIpc) is 2.87. The summed E-state index contributed by atoms with van der Waals surface area (Å²) in [6, 6.07) is 11.8. The van der Waals surface area contributed by atoms with Crippen molar-refractivity contribution in [3.8, 4) is 0 Å². The van der Waals surface area contributed by atoms with Gasteiger partial charge in [-0.3, -0.25) is 0 Å². The minimum absolute atomic E-state index is 0.728. The third kappa shape index (κ3) is 1.94. The van der Waals surface area contributed by atoms with Crippen LogP contribution in [-0.4, -0.2) is 12.6 Å². The highest BCUT2D eigenvalue weighted by molar-refractivity contribution is 5.21. The van der Waals surface area contributed by atoms with Crippen molar-refractivity contribution < 1.29 is 0 Å². The normalized spacial score (nSPS) is 40.2. The minimum Gasteiger partial charge on any atom is -0.314 e. The van der Waals surface area contributed by atoms with Crippen LogP contribution in [0.3, 0.4) is 0 Å². The first-order valence-corrected chi connectivity index (χ1v) is 8.15. The van der Waals surface area contributed by atoms with E-state index in [0.717, 1.165) is 42.2 Å². The largest absolute Gasteiger partial charge is 0.314 e. The van der Waals surface area contributed by atoms with E-state index in [1.807, 2.05) is 0 Å². The van der Waals surface area contributed by atoms with Crippen molar-refractivity contribution in [1.82, 2.24) is 5.32 Å². The Morgan fingerprint density at radius 1 is 1.11 bits per heavy atom. The molecule has 1 aromatic carbocycles. The van der Waals surface area contributed by atoms with Gasteiger partial charge < -0.3 is 5.32 Å². The highest BCUT2D eigenvalue weighted by Crippen LogP contribution is 2.70. The lowest BCUT2D eigenvalue weighted by molar-refractivity contribution is 0.366. The zero-order valence-electron chi connectivity index (χ0n) is 11.9.